The van der Waals surface area contributed by atoms with Crippen LogP contribution in [0.2, 0.25) is 0 Å². The molecule has 128 valence electrons. The van der Waals surface area contributed by atoms with E-state index in [1.54, 1.807) is 0 Å². The molecular formula is C14H28N4O3S. The number of Topliss-reactive ketones (excluding diaryl/α,β-unsaturated/α-hetero) is 1. The van der Waals surface area contributed by atoms with Gasteiger partial charge in [-0.15, -0.1) is 0 Å². The molecule has 1 unspecified atom stereocenters. The highest BCUT2D eigenvalue weighted by Gasteiger charge is 2.26. The fourth-order valence-corrected chi connectivity index (χ4v) is 2.15. The summed E-state index contributed by atoms with van der Waals surface area (Å²) in [4.78, 5) is 34.6. The first kappa shape index (κ1) is 20.7. The number of carbonyl (C=O) groups excluding carboxylic acids is 3. The minimum atomic E-state index is -0.602. The second kappa shape index (κ2) is 10.4. The molecular weight excluding hydrogens is 304 g/mol. The van der Waals surface area contributed by atoms with Crippen molar-refractivity contribution in [2.24, 2.45) is 11.7 Å². The zero-order valence-corrected chi connectivity index (χ0v) is 14.6. The van der Waals surface area contributed by atoms with Crippen LogP contribution in [-0.2, 0) is 9.59 Å². The van der Waals surface area contributed by atoms with Gasteiger partial charge in [0.05, 0.1) is 12.1 Å². The fourth-order valence-electron chi connectivity index (χ4n) is 1.99. The Balaban J connectivity index is 4.54. The topological polar surface area (TPSA) is 113 Å². The molecule has 0 spiro atoms. The van der Waals surface area contributed by atoms with Crippen molar-refractivity contribution < 1.29 is 14.4 Å². The van der Waals surface area contributed by atoms with Gasteiger partial charge < -0.3 is 16.4 Å². The fraction of sp³-hybridized carbons (Fsp3) is 0.786. The summed E-state index contributed by atoms with van der Waals surface area (Å²) in [5, 5.41) is 8.16. The van der Waals surface area contributed by atoms with Gasteiger partial charge in [-0.2, -0.15) is 12.6 Å². The van der Waals surface area contributed by atoms with E-state index < -0.39 is 18.1 Å². The van der Waals surface area contributed by atoms with Crippen molar-refractivity contribution in [3.8, 4) is 0 Å². The summed E-state index contributed by atoms with van der Waals surface area (Å²) in [5.41, 5.74) is 4.97. The van der Waals surface area contributed by atoms with E-state index in [1.807, 2.05) is 20.8 Å². The highest BCUT2D eigenvalue weighted by Crippen LogP contribution is 2.07. The summed E-state index contributed by atoms with van der Waals surface area (Å²) < 4.78 is 0. The molecule has 5 N–H and O–H groups in total. The number of nitrogens with one attached hydrogen (secondary N) is 3. The van der Waals surface area contributed by atoms with Gasteiger partial charge in [0.1, 0.15) is 0 Å². The minimum absolute atomic E-state index is 0.0683. The van der Waals surface area contributed by atoms with Gasteiger partial charge >= 0.3 is 6.03 Å². The van der Waals surface area contributed by atoms with E-state index >= 15 is 0 Å². The Hall–Kier alpha value is -1.28. The number of thiol groups is 1. The summed E-state index contributed by atoms with van der Waals surface area (Å²) in [7, 11) is 0. The van der Waals surface area contributed by atoms with Crippen molar-refractivity contribution in [2.45, 2.75) is 58.0 Å². The predicted molar refractivity (Wildman–Crippen MR) is 89.6 cm³/mol. The summed E-state index contributed by atoms with van der Waals surface area (Å²) in [6, 6.07) is -1.59. The molecule has 0 fully saturated rings. The minimum Gasteiger partial charge on any atom is -0.352 e. The average Bonchev–Trinajstić information content (AvgIpc) is 2.38. The van der Waals surface area contributed by atoms with Gasteiger partial charge in [0.2, 0.25) is 5.91 Å². The number of hydrogen-bond donors (Lipinski definition) is 5. The Labute approximate surface area is 137 Å². The molecule has 0 aliphatic heterocycles. The first-order valence-electron chi connectivity index (χ1n) is 7.43. The number of primary amides is 1. The number of rotatable bonds is 10. The third-order valence-electron chi connectivity index (χ3n) is 3.15. The molecule has 3 amide bonds. The van der Waals surface area contributed by atoms with E-state index in [9.17, 15) is 14.4 Å². The van der Waals surface area contributed by atoms with Crippen LogP contribution in [0.25, 0.3) is 0 Å². The lowest BCUT2D eigenvalue weighted by atomic mass is 10.0. The zero-order valence-electron chi connectivity index (χ0n) is 13.7. The lowest BCUT2D eigenvalue weighted by Gasteiger charge is -2.26. The second-order valence-corrected chi connectivity index (χ2v) is 6.44. The Morgan fingerprint density at radius 2 is 1.77 bits per heavy atom. The second-order valence-electron chi connectivity index (χ2n) is 5.67. The summed E-state index contributed by atoms with van der Waals surface area (Å²) >= 11 is 4.24. The molecule has 0 heterocycles. The molecule has 8 heteroatoms. The first-order valence-corrected chi connectivity index (χ1v) is 7.95. The van der Waals surface area contributed by atoms with Crippen LogP contribution < -0.4 is 21.7 Å². The van der Waals surface area contributed by atoms with Crippen LogP contribution in [0.15, 0.2) is 0 Å². The molecule has 0 aliphatic carbocycles. The molecule has 0 aromatic heterocycles. The number of carbonyl (C=O) groups is 3. The molecule has 0 aliphatic rings. The third kappa shape index (κ3) is 8.89. The molecule has 0 saturated heterocycles. The van der Waals surface area contributed by atoms with Crippen LogP contribution in [0.5, 0.6) is 0 Å². The highest BCUT2D eigenvalue weighted by atomic mass is 32.1. The Morgan fingerprint density at radius 1 is 1.18 bits per heavy atom. The molecule has 0 bridgehead atoms. The van der Waals surface area contributed by atoms with E-state index in [-0.39, 0.29) is 23.0 Å². The highest BCUT2D eigenvalue weighted by molar-refractivity contribution is 7.80. The van der Waals surface area contributed by atoms with Gasteiger partial charge in [-0.05, 0) is 32.6 Å². The molecule has 3 atom stereocenters. The molecule has 0 saturated carbocycles. The van der Waals surface area contributed by atoms with Crippen molar-refractivity contribution in [3.05, 3.63) is 0 Å². The number of amides is 3. The number of nitrogens with two attached hydrogens (primary N) is 1. The smallest absolute Gasteiger partial charge is 0.312 e. The molecule has 0 rings (SSSR count). The normalized spacial score (nSPS) is 15.0. The van der Waals surface area contributed by atoms with Crippen molar-refractivity contribution in [1.29, 1.82) is 0 Å². The lowest BCUT2D eigenvalue weighted by molar-refractivity contribution is -0.129. The van der Waals surface area contributed by atoms with E-state index in [2.05, 4.69) is 28.6 Å². The Bertz CT molecular complexity index is 388. The van der Waals surface area contributed by atoms with Crippen LogP contribution in [0.1, 0.15) is 40.5 Å². The molecule has 0 aromatic carbocycles. The number of urea groups is 1. The largest absolute Gasteiger partial charge is 0.352 e. The van der Waals surface area contributed by atoms with Gasteiger partial charge in [-0.25, -0.2) is 4.79 Å². The van der Waals surface area contributed by atoms with Crippen molar-refractivity contribution in [2.75, 3.05) is 6.54 Å². The molecule has 0 radical (unpaired) electrons. The zero-order chi connectivity index (χ0) is 17.3. The SMILES string of the molecule is CC(=O)[C@H](CCCNC(N)=O)NC(=O)[C@@H](NC(C)S)C(C)C. The Kier molecular flexibility index (Phi) is 9.84. The van der Waals surface area contributed by atoms with E-state index in [1.165, 1.54) is 6.92 Å². The quantitative estimate of drug-likeness (QED) is 0.226. The summed E-state index contributed by atoms with van der Waals surface area (Å²) in [5.74, 6) is -0.272. The van der Waals surface area contributed by atoms with Gasteiger partial charge in [0.25, 0.3) is 0 Å². The average molecular weight is 332 g/mol. The maximum absolute atomic E-state index is 12.3. The van der Waals surface area contributed by atoms with Crippen molar-refractivity contribution in [1.82, 2.24) is 16.0 Å². The van der Waals surface area contributed by atoms with Gasteiger partial charge in [0, 0.05) is 11.9 Å². The van der Waals surface area contributed by atoms with Crippen LogP contribution in [0.4, 0.5) is 4.79 Å². The maximum atomic E-state index is 12.3. The monoisotopic (exact) mass is 332 g/mol. The van der Waals surface area contributed by atoms with Gasteiger partial charge in [-0.1, -0.05) is 13.8 Å². The van der Waals surface area contributed by atoms with Crippen molar-refractivity contribution >= 4 is 30.4 Å². The summed E-state index contributed by atoms with van der Waals surface area (Å²) in [6.07, 6.45) is 0.999. The number of ketones is 1. The third-order valence-corrected chi connectivity index (χ3v) is 3.29. The molecule has 0 aromatic rings. The van der Waals surface area contributed by atoms with Crippen LogP contribution in [0.3, 0.4) is 0 Å². The Morgan fingerprint density at radius 3 is 2.18 bits per heavy atom. The standard InChI is InChI=1S/C14H28N4O3S/c1-8(2)12(17-10(4)22)13(20)18-11(9(3)19)6-5-7-16-14(15)21/h8,10-12,17,22H,5-7H2,1-4H3,(H,18,20)(H3,15,16,21)/t10?,11-,12-/m0/s1. The predicted octanol–water partition coefficient (Wildman–Crippen LogP) is 0.399. The lowest BCUT2D eigenvalue weighted by Crippen LogP contribution is -2.53. The van der Waals surface area contributed by atoms with E-state index in [4.69, 9.17) is 5.73 Å². The number of hydrogen-bond acceptors (Lipinski definition) is 5. The summed E-state index contributed by atoms with van der Waals surface area (Å²) in [6.45, 7) is 7.49. The van der Waals surface area contributed by atoms with E-state index in [0.29, 0.717) is 19.4 Å². The van der Waals surface area contributed by atoms with Crippen LogP contribution in [-0.4, -0.2) is 41.7 Å². The molecule has 22 heavy (non-hydrogen) atoms. The van der Waals surface area contributed by atoms with Crippen LogP contribution in [0, 0.1) is 5.92 Å². The van der Waals surface area contributed by atoms with Crippen molar-refractivity contribution in [3.63, 3.8) is 0 Å². The van der Waals surface area contributed by atoms with Gasteiger partial charge in [0.15, 0.2) is 5.78 Å². The first-order chi connectivity index (χ1) is 10.1. The molecule has 7 nitrogen and oxygen atoms in total. The maximum Gasteiger partial charge on any atom is 0.312 e. The van der Waals surface area contributed by atoms with Crippen LogP contribution >= 0.6 is 12.6 Å². The van der Waals surface area contributed by atoms with Gasteiger partial charge in [-0.3, -0.25) is 14.9 Å². The van der Waals surface area contributed by atoms with E-state index in [0.717, 1.165) is 0 Å².